The SMILES string of the molecule is Cc1noc2cc(-c3ccc(CC(=O)O)cc3)cc(NC(=O)OC(C)c3ccccc3Cl)c12. The number of carboxylic acid groups (broad SMARTS) is 1. The number of hydrogen-bond acceptors (Lipinski definition) is 5. The zero-order chi connectivity index (χ0) is 23.5. The number of carboxylic acids is 1. The number of aliphatic carboxylic acids is 1. The topological polar surface area (TPSA) is 102 Å². The number of carbonyl (C=O) groups excluding carboxylic acids is 1. The monoisotopic (exact) mass is 464 g/mol. The Morgan fingerprint density at radius 3 is 2.55 bits per heavy atom. The lowest BCUT2D eigenvalue weighted by atomic mass is 10.0. The third kappa shape index (κ3) is 4.99. The molecule has 0 aliphatic heterocycles. The molecule has 168 valence electrons. The van der Waals surface area contributed by atoms with Crippen LogP contribution in [-0.2, 0) is 16.0 Å². The number of aromatic nitrogens is 1. The standard InChI is InChI=1S/C25H21ClN2O5/c1-14-24-21(27-25(31)32-15(2)19-5-3-4-6-20(19)26)12-18(13-22(24)33-28-14)17-9-7-16(8-10-17)11-23(29)30/h3-10,12-13,15H,11H2,1-2H3,(H,27,31)(H,29,30). The number of anilines is 1. The van der Waals surface area contributed by atoms with Gasteiger partial charge in [-0.3, -0.25) is 10.1 Å². The van der Waals surface area contributed by atoms with Crippen LogP contribution < -0.4 is 5.32 Å². The first-order valence-electron chi connectivity index (χ1n) is 10.2. The van der Waals surface area contributed by atoms with E-state index in [2.05, 4.69) is 10.5 Å². The number of halogens is 1. The van der Waals surface area contributed by atoms with Crippen LogP contribution >= 0.6 is 11.6 Å². The van der Waals surface area contributed by atoms with Gasteiger partial charge < -0.3 is 14.4 Å². The first-order valence-corrected chi connectivity index (χ1v) is 10.6. The second kappa shape index (κ2) is 9.34. The smallest absolute Gasteiger partial charge is 0.412 e. The Labute approximate surface area is 194 Å². The molecule has 4 rings (SSSR count). The van der Waals surface area contributed by atoms with E-state index in [9.17, 15) is 9.59 Å². The van der Waals surface area contributed by atoms with E-state index in [1.54, 1.807) is 44.2 Å². The molecule has 8 heteroatoms. The maximum Gasteiger partial charge on any atom is 0.412 e. The molecule has 3 aromatic carbocycles. The maximum atomic E-state index is 12.7. The number of amides is 1. The number of nitrogens with zero attached hydrogens (tertiary/aromatic N) is 1. The molecule has 0 radical (unpaired) electrons. The van der Waals surface area contributed by atoms with Gasteiger partial charge in [-0.1, -0.05) is 59.2 Å². The summed E-state index contributed by atoms with van der Waals surface area (Å²) in [6.45, 7) is 3.53. The van der Waals surface area contributed by atoms with E-state index < -0.39 is 18.2 Å². The molecule has 0 spiro atoms. The van der Waals surface area contributed by atoms with E-state index in [0.717, 1.165) is 11.1 Å². The summed E-state index contributed by atoms with van der Waals surface area (Å²) in [6.07, 6.45) is -1.25. The second-order valence-electron chi connectivity index (χ2n) is 7.63. The van der Waals surface area contributed by atoms with Crippen molar-refractivity contribution < 1.29 is 24.0 Å². The lowest BCUT2D eigenvalue weighted by Gasteiger charge is -2.16. The molecule has 33 heavy (non-hydrogen) atoms. The summed E-state index contributed by atoms with van der Waals surface area (Å²) >= 11 is 6.21. The van der Waals surface area contributed by atoms with Gasteiger partial charge in [-0.05, 0) is 48.7 Å². The number of aryl methyl sites for hydroxylation is 1. The molecule has 7 nitrogen and oxygen atoms in total. The van der Waals surface area contributed by atoms with Crippen LogP contribution in [0.4, 0.5) is 10.5 Å². The molecular weight excluding hydrogens is 444 g/mol. The highest BCUT2D eigenvalue weighted by molar-refractivity contribution is 6.31. The molecule has 0 aliphatic carbocycles. The van der Waals surface area contributed by atoms with Crippen LogP contribution in [0.3, 0.4) is 0 Å². The molecule has 1 atom stereocenters. The number of nitrogens with one attached hydrogen (secondary N) is 1. The first kappa shape index (κ1) is 22.4. The number of hydrogen-bond donors (Lipinski definition) is 2. The third-order valence-corrected chi connectivity index (χ3v) is 5.60. The van der Waals surface area contributed by atoms with Gasteiger partial charge in [-0.15, -0.1) is 0 Å². The third-order valence-electron chi connectivity index (χ3n) is 5.25. The number of benzene rings is 3. The zero-order valence-electron chi connectivity index (χ0n) is 18.0. The molecule has 1 unspecified atom stereocenters. The van der Waals surface area contributed by atoms with E-state index in [1.807, 2.05) is 30.3 Å². The van der Waals surface area contributed by atoms with Crippen LogP contribution in [0.5, 0.6) is 0 Å². The van der Waals surface area contributed by atoms with Crippen molar-refractivity contribution >= 4 is 40.3 Å². The molecule has 0 saturated carbocycles. The molecule has 0 fully saturated rings. The van der Waals surface area contributed by atoms with Gasteiger partial charge in [0.1, 0.15) is 6.10 Å². The van der Waals surface area contributed by atoms with E-state index >= 15 is 0 Å². The van der Waals surface area contributed by atoms with Crippen LogP contribution in [-0.4, -0.2) is 22.3 Å². The minimum Gasteiger partial charge on any atom is -0.481 e. The molecule has 1 heterocycles. The van der Waals surface area contributed by atoms with Crippen LogP contribution in [0.15, 0.2) is 65.2 Å². The van der Waals surface area contributed by atoms with Gasteiger partial charge >= 0.3 is 12.1 Å². The fourth-order valence-electron chi connectivity index (χ4n) is 3.65. The highest BCUT2D eigenvalue weighted by atomic mass is 35.5. The van der Waals surface area contributed by atoms with Crippen molar-refractivity contribution in [2.45, 2.75) is 26.4 Å². The summed E-state index contributed by atoms with van der Waals surface area (Å²) in [5.74, 6) is -0.891. The summed E-state index contributed by atoms with van der Waals surface area (Å²) in [4.78, 5) is 23.6. The van der Waals surface area contributed by atoms with Crippen LogP contribution in [0.25, 0.3) is 22.1 Å². The lowest BCUT2D eigenvalue weighted by Crippen LogP contribution is -2.16. The highest BCUT2D eigenvalue weighted by Gasteiger charge is 2.18. The Morgan fingerprint density at radius 2 is 1.85 bits per heavy atom. The van der Waals surface area contributed by atoms with Crippen molar-refractivity contribution in [3.8, 4) is 11.1 Å². The highest BCUT2D eigenvalue weighted by Crippen LogP contribution is 2.34. The van der Waals surface area contributed by atoms with E-state index in [-0.39, 0.29) is 6.42 Å². The van der Waals surface area contributed by atoms with Crippen molar-refractivity contribution in [3.05, 3.63) is 82.5 Å². The van der Waals surface area contributed by atoms with Gasteiger partial charge in [0.15, 0.2) is 5.58 Å². The molecule has 2 N–H and O–H groups in total. The van der Waals surface area contributed by atoms with Crippen molar-refractivity contribution in [1.82, 2.24) is 5.16 Å². The fourth-order valence-corrected chi connectivity index (χ4v) is 3.94. The van der Waals surface area contributed by atoms with Crippen LogP contribution in [0.2, 0.25) is 5.02 Å². The largest absolute Gasteiger partial charge is 0.481 e. The van der Waals surface area contributed by atoms with Crippen molar-refractivity contribution in [2.75, 3.05) is 5.32 Å². The molecule has 0 saturated heterocycles. The quantitative estimate of drug-likeness (QED) is 0.342. The molecule has 0 aliphatic rings. The van der Waals surface area contributed by atoms with Gasteiger partial charge in [0, 0.05) is 10.6 Å². The number of carbonyl (C=O) groups is 2. The molecule has 1 aromatic heterocycles. The number of fused-ring (bicyclic) bond motifs is 1. The van der Waals surface area contributed by atoms with Crippen LogP contribution in [0.1, 0.15) is 29.8 Å². The summed E-state index contributed by atoms with van der Waals surface area (Å²) in [5.41, 5.74) is 4.63. The lowest BCUT2D eigenvalue weighted by molar-refractivity contribution is -0.136. The maximum absolute atomic E-state index is 12.7. The summed E-state index contributed by atoms with van der Waals surface area (Å²) in [7, 11) is 0. The van der Waals surface area contributed by atoms with Gasteiger partial charge in [0.25, 0.3) is 0 Å². The van der Waals surface area contributed by atoms with E-state index in [4.69, 9.17) is 26.0 Å². The molecule has 0 bridgehead atoms. The predicted octanol–water partition coefficient (Wildman–Crippen LogP) is 6.39. The first-order chi connectivity index (χ1) is 15.8. The van der Waals surface area contributed by atoms with Gasteiger partial charge in [0.2, 0.25) is 0 Å². The average Bonchev–Trinajstić information content (AvgIpc) is 3.15. The summed E-state index contributed by atoms with van der Waals surface area (Å²) < 4.78 is 11.0. The molecule has 4 aromatic rings. The summed E-state index contributed by atoms with van der Waals surface area (Å²) in [6, 6.07) is 18.0. The minimum atomic E-state index is -0.891. The van der Waals surface area contributed by atoms with Crippen LogP contribution in [0, 0.1) is 6.92 Å². The average molecular weight is 465 g/mol. The Balaban J connectivity index is 1.61. The van der Waals surface area contributed by atoms with Crippen molar-refractivity contribution in [1.29, 1.82) is 0 Å². The Morgan fingerprint density at radius 1 is 1.12 bits per heavy atom. The Bertz CT molecular complexity index is 1330. The van der Waals surface area contributed by atoms with Gasteiger partial charge in [-0.2, -0.15) is 0 Å². The Hall–Kier alpha value is -3.84. The normalized spacial score (nSPS) is 11.8. The minimum absolute atomic E-state index is 0.0527. The summed E-state index contributed by atoms with van der Waals surface area (Å²) in [5, 5.41) is 17.0. The van der Waals surface area contributed by atoms with E-state index in [0.29, 0.717) is 38.5 Å². The Kier molecular flexibility index (Phi) is 6.33. The number of ether oxygens (including phenoxy) is 1. The van der Waals surface area contributed by atoms with Crippen molar-refractivity contribution in [2.24, 2.45) is 0 Å². The fraction of sp³-hybridized carbons (Fsp3) is 0.160. The van der Waals surface area contributed by atoms with Gasteiger partial charge in [-0.25, -0.2) is 4.79 Å². The van der Waals surface area contributed by atoms with Crippen molar-refractivity contribution in [3.63, 3.8) is 0 Å². The predicted molar refractivity (Wildman–Crippen MR) is 125 cm³/mol. The van der Waals surface area contributed by atoms with E-state index in [1.165, 1.54) is 0 Å². The molecule has 1 amide bonds. The zero-order valence-corrected chi connectivity index (χ0v) is 18.7. The van der Waals surface area contributed by atoms with Gasteiger partial charge in [0.05, 0.1) is 23.2 Å². The number of rotatable bonds is 6. The molecular formula is C25H21ClN2O5. The second-order valence-corrected chi connectivity index (χ2v) is 8.03.